The van der Waals surface area contributed by atoms with Crippen LogP contribution in [0.15, 0.2) is 18.2 Å². The molecule has 1 aromatic carbocycles. The highest BCUT2D eigenvalue weighted by Gasteiger charge is 2.39. The first-order valence-corrected chi connectivity index (χ1v) is 10.8. The van der Waals surface area contributed by atoms with Gasteiger partial charge in [0.15, 0.2) is 0 Å². The first-order chi connectivity index (χ1) is 14.1. The van der Waals surface area contributed by atoms with Gasteiger partial charge in [0.2, 0.25) is 11.8 Å². The molecule has 3 aliphatic heterocycles. The number of fused-ring (bicyclic) bond motifs is 1. The molecule has 0 spiro atoms. The number of benzene rings is 1. The molecule has 3 heterocycles. The van der Waals surface area contributed by atoms with E-state index in [1.807, 2.05) is 6.07 Å². The second kappa shape index (κ2) is 7.54. The summed E-state index contributed by atoms with van der Waals surface area (Å²) in [7, 11) is 0. The Bertz CT molecular complexity index is 844. The lowest BCUT2D eigenvalue weighted by atomic mass is 10.0. The fraction of sp³-hybridized carbons (Fsp3) is 0.591. The van der Waals surface area contributed by atoms with Gasteiger partial charge < -0.3 is 10.2 Å². The average Bonchev–Trinajstić information content (AvgIpc) is 3.23. The molecule has 0 aromatic heterocycles. The molecule has 154 valence electrons. The van der Waals surface area contributed by atoms with E-state index in [2.05, 4.69) is 27.7 Å². The van der Waals surface area contributed by atoms with E-state index in [1.165, 1.54) is 24.8 Å². The van der Waals surface area contributed by atoms with Crippen LogP contribution in [0.5, 0.6) is 0 Å². The zero-order valence-corrected chi connectivity index (χ0v) is 16.7. The predicted molar refractivity (Wildman–Crippen MR) is 107 cm³/mol. The third kappa shape index (κ3) is 3.81. The van der Waals surface area contributed by atoms with Crippen molar-refractivity contribution in [3.05, 3.63) is 34.9 Å². The van der Waals surface area contributed by atoms with Crippen molar-refractivity contribution in [3.63, 3.8) is 0 Å². The van der Waals surface area contributed by atoms with Crippen molar-refractivity contribution in [2.75, 3.05) is 19.6 Å². The Morgan fingerprint density at radius 3 is 2.69 bits per heavy atom. The van der Waals surface area contributed by atoms with E-state index in [-0.39, 0.29) is 24.1 Å². The van der Waals surface area contributed by atoms with Gasteiger partial charge in [-0.1, -0.05) is 12.1 Å². The highest BCUT2D eigenvalue weighted by Crippen LogP contribution is 2.32. The van der Waals surface area contributed by atoms with Crippen LogP contribution in [0.25, 0.3) is 0 Å². The molecule has 1 aliphatic carbocycles. The molecule has 7 heteroatoms. The molecule has 7 nitrogen and oxygen atoms in total. The van der Waals surface area contributed by atoms with Gasteiger partial charge in [0.05, 0.1) is 0 Å². The van der Waals surface area contributed by atoms with Crippen molar-refractivity contribution in [1.29, 1.82) is 0 Å². The van der Waals surface area contributed by atoms with Crippen LogP contribution in [0.2, 0.25) is 0 Å². The van der Waals surface area contributed by atoms with Gasteiger partial charge in [-0.05, 0) is 55.3 Å². The Balaban J connectivity index is 1.31. The number of carbonyl (C=O) groups is 3. The molecule has 29 heavy (non-hydrogen) atoms. The smallest absolute Gasteiger partial charge is 0.255 e. The van der Waals surface area contributed by atoms with Gasteiger partial charge in [0, 0.05) is 44.2 Å². The highest BCUT2D eigenvalue weighted by atomic mass is 16.2. The number of hydrogen-bond donors (Lipinski definition) is 2. The number of amides is 3. The SMILES string of the molecule is O=C1CCC(N2Cc3cc(CN(CC4CC4)C4CCNC4)ccc3C2=O)C(=O)N1. The van der Waals surface area contributed by atoms with Gasteiger partial charge in [0.25, 0.3) is 5.91 Å². The lowest BCUT2D eigenvalue weighted by Crippen LogP contribution is -2.52. The molecule has 1 aromatic rings. The highest BCUT2D eigenvalue weighted by molar-refractivity contribution is 6.05. The van der Waals surface area contributed by atoms with E-state index in [1.54, 1.807) is 4.90 Å². The molecule has 2 unspecified atom stereocenters. The van der Waals surface area contributed by atoms with Crippen LogP contribution in [0, 0.1) is 5.92 Å². The van der Waals surface area contributed by atoms with Crippen LogP contribution >= 0.6 is 0 Å². The number of imide groups is 1. The molecular weight excluding hydrogens is 368 g/mol. The molecule has 0 radical (unpaired) electrons. The van der Waals surface area contributed by atoms with E-state index in [4.69, 9.17) is 0 Å². The molecule has 2 saturated heterocycles. The van der Waals surface area contributed by atoms with Crippen LogP contribution in [-0.2, 0) is 22.7 Å². The average molecular weight is 396 g/mol. The van der Waals surface area contributed by atoms with Crippen molar-refractivity contribution in [1.82, 2.24) is 20.4 Å². The summed E-state index contributed by atoms with van der Waals surface area (Å²) in [4.78, 5) is 40.7. The Morgan fingerprint density at radius 2 is 1.97 bits per heavy atom. The summed E-state index contributed by atoms with van der Waals surface area (Å²) >= 11 is 0. The number of nitrogens with one attached hydrogen (secondary N) is 2. The molecular formula is C22H28N4O3. The summed E-state index contributed by atoms with van der Waals surface area (Å²) in [5.74, 6) is 0.132. The summed E-state index contributed by atoms with van der Waals surface area (Å²) in [5.41, 5.74) is 2.91. The van der Waals surface area contributed by atoms with E-state index in [0.717, 1.165) is 37.7 Å². The summed E-state index contributed by atoms with van der Waals surface area (Å²) < 4.78 is 0. The van der Waals surface area contributed by atoms with Gasteiger partial charge in [-0.3, -0.25) is 24.6 Å². The zero-order chi connectivity index (χ0) is 20.0. The predicted octanol–water partition coefficient (Wildman–Crippen LogP) is 1.02. The minimum atomic E-state index is -0.549. The second-order valence-electron chi connectivity index (χ2n) is 8.91. The first-order valence-electron chi connectivity index (χ1n) is 10.8. The minimum Gasteiger partial charge on any atom is -0.322 e. The number of hydrogen-bond acceptors (Lipinski definition) is 5. The normalized spacial score (nSPS) is 26.9. The maximum Gasteiger partial charge on any atom is 0.255 e. The zero-order valence-electron chi connectivity index (χ0n) is 16.7. The number of carbonyl (C=O) groups excluding carboxylic acids is 3. The van der Waals surface area contributed by atoms with Gasteiger partial charge in [-0.25, -0.2) is 0 Å². The maximum absolute atomic E-state index is 12.9. The second-order valence-corrected chi connectivity index (χ2v) is 8.91. The molecule has 0 bridgehead atoms. The van der Waals surface area contributed by atoms with Crippen molar-refractivity contribution in [2.45, 2.75) is 57.3 Å². The van der Waals surface area contributed by atoms with Crippen molar-refractivity contribution < 1.29 is 14.4 Å². The largest absolute Gasteiger partial charge is 0.322 e. The van der Waals surface area contributed by atoms with E-state index in [9.17, 15) is 14.4 Å². The summed E-state index contributed by atoms with van der Waals surface area (Å²) in [6.07, 6.45) is 4.57. The molecule has 4 aliphatic rings. The van der Waals surface area contributed by atoms with Gasteiger partial charge >= 0.3 is 0 Å². The van der Waals surface area contributed by atoms with Crippen molar-refractivity contribution in [3.8, 4) is 0 Å². The summed E-state index contributed by atoms with van der Waals surface area (Å²) in [6.45, 7) is 4.65. The van der Waals surface area contributed by atoms with Crippen molar-refractivity contribution in [2.24, 2.45) is 5.92 Å². The quantitative estimate of drug-likeness (QED) is 0.702. The molecule has 5 rings (SSSR count). The molecule has 1 saturated carbocycles. The Labute approximate surface area is 170 Å². The molecule has 2 N–H and O–H groups in total. The van der Waals surface area contributed by atoms with E-state index >= 15 is 0 Å². The summed E-state index contributed by atoms with van der Waals surface area (Å²) in [5, 5.41) is 5.84. The minimum absolute atomic E-state index is 0.101. The fourth-order valence-electron chi connectivity index (χ4n) is 4.89. The lowest BCUT2D eigenvalue weighted by molar-refractivity contribution is -0.136. The molecule has 2 atom stereocenters. The topological polar surface area (TPSA) is 81.8 Å². The standard InChI is InChI=1S/C22H28N4O3/c27-20-6-5-19(21(28)24-20)26-13-16-9-15(3-4-18(16)22(26)29)12-25(11-14-1-2-14)17-7-8-23-10-17/h3-4,9,14,17,19,23H,1-2,5-8,10-13H2,(H,24,27,28). The van der Waals surface area contributed by atoms with Gasteiger partial charge in [0.1, 0.15) is 6.04 Å². The van der Waals surface area contributed by atoms with Crippen LogP contribution < -0.4 is 10.6 Å². The lowest BCUT2D eigenvalue weighted by Gasteiger charge is -2.29. The number of piperidine rings is 1. The van der Waals surface area contributed by atoms with Crippen LogP contribution in [0.4, 0.5) is 0 Å². The number of rotatable bonds is 6. The van der Waals surface area contributed by atoms with Crippen LogP contribution in [-0.4, -0.2) is 59.2 Å². The van der Waals surface area contributed by atoms with Crippen LogP contribution in [0.1, 0.15) is 53.6 Å². The third-order valence-electron chi connectivity index (χ3n) is 6.71. The monoisotopic (exact) mass is 396 g/mol. The third-order valence-corrected chi connectivity index (χ3v) is 6.71. The summed E-state index contributed by atoms with van der Waals surface area (Å²) in [6, 6.07) is 6.16. The Morgan fingerprint density at radius 1 is 1.10 bits per heavy atom. The van der Waals surface area contributed by atoms with E-state index < -0.39 is 6.04 Å². The van der Waals surface area contributed by atoms with Crippen LogP contribution in [0.3, 0.4) is 0 Å². The van der Waals surface area contributed by atoms with Gasteiger partial charge in [-0.15, -0.1) is 0 Å². The fourth-order valence-corrected chi connectivity index (χ4v) is 4.89. The molecule has 3 fully saturated rings. The maximum atomic E-state index is 12.9. The number of nitrogens with zero attached hydrogens (tertiary/aromatic N) is 2. The van der Waals surface area contributed by atoms with Gasteiger partial charge in [-0.2, -0.15) is 0 Å². The Hall–Kier alpha value is -2.25. The van der Waals surface area contributed by atoms with Crippen molar-refractivity contribution >= 4 is 17.7 Å². The first kappa shape index (κ1) is 18.8. The Kier molecular flexibility index (Phi) is 4.87. The molecule has 3 amide bonds. The van der Waals surface area contributed by atoms with E-state index in [0.29, 0.717) is 24.6 Å².